The minimum Gasteiger partial charge on any atom is -0.497 e. The van der Waals surface area contributed by atoms with Gasteiger partial charge in [0, 0.05) is 23.0 Å². The van der Waals surface area contributed by atoms with E-state index in [1.165, 1.54) is 24.0 Å². The number of methoxy groups -OCH3 is 2. The lowest BCUT2D eigenvalue weighted by Gasteiger charge is -2.27. The molecule has 0 aromatic heterocycles. The fraction of sp³-hybridized carbons (Fsp3) is 0.344. The van der Waals surface area contributed by atoms with Gasteiger partial charge in [0.15, 0.2) is 0 Å². The standard InChI is InChI=1S/C32H38N2O3/c1-5-7-9-23-11-15-25(16-12-23)33-29-22-30(28-20-19-27(36-3)21-31(28)37-4)34(32(29)35)26-17-13-24(14-18-26)10-8-6-2/h11-22,30,33H,5-10H2,1-4H3. The molecule has 4 rings (SSSR count). The Balaban J connectivity index is 1.66. The quantitative estimate of drug-likeness (QED) is 0.281. The second-order valence-electron chi connectivity index (χ2n) is 9.50. The zero-order valence-electron chi connectivity index (χ0n) is 22.4. The molecule has 0 bridgehead atoms. The Hall–Kier alpha value is -3.73. The SMILES string of the molecule is CCCCc1ccc(NC2=CC(c3ccc(OC)cc3OC)N(c3ccc(CCCC)cc3)C2=O)cc1. The van der Waals surface area contributed by atoms with Crippen molar-refractivity contribution in [1.29, 1.82) is 0 Å². The van der Waals surface area contributed by atoms with Crippen LogP contribution in [0.4, 0.5) is 11.4 Å². The van der Waals surface area contributed by atoms with Gasteiger partial charge in [0.25, 0.3) is 5.91 Å². The molecule has 5 nitrogen and oxygen atoms in total. The molecule has 0 radical (unpaired) electrons. The maximum atomic E-state index is 13.8. The van der Waals surface area contributed by atoms with Gasteiger partial charge in [-0.05, 0) is 79.3 Å². The van der Waals surface area contributed by atoms with Gasteiger partial charge in [0.2, 0.25) is 0 Å². The maximum Gasteiger partial charge on any atom is 0.275 e. The molecule has 3 aromatic rings. The van der Waals surface area contributed by atoms with Crippen LogP contribution in [0.2, 0.25) is 0 Å². The van der Waals surface area contributed by atoms with Crippen molar-refractivity contribution >= 4 is 17.3 Å². The van der Waals surface area contributed by atoms with Crippen LogP contribution < -0.4 is 19.7 Å². The molecule has 0 saturated heterocycles. The summed E-state index contributed by atoms with van der Waals surface area (Å²) in [4.78, 5) is 15.7. The van der Waals surface area contributed by atoms with Crippen LogP contribution in [-0.2, 0) is 17.6 Å². The van der Waals surface area contributed by atoms with Crippen LogP contribution in [0.1, 0.15) is 62.3 Å². The first-order valence-corrected chi connectivity index (χ1v) is 13.3. The van der Waals surface area contributed by atoms with Crippen LogP contribution in [-0.4, -0.2) is 20.1 Å². The first-order valence-electron chi connectivity index (χ1n) is 13.3. The van der Waals surface area contributed by atoms with Crippen LogP contribution >= 0.6 is 0 Å². The Bertz CT molecular complexity index is 1220. The van der Waals surface area contributed by atoms with Crippen molar-refractivity contribution in [2.45, 2.75) is 58.4 Å². The van der Waals surface area contributed by atoms with E-state index in [0.29, 0.717) is 17.2 Å². The lowest BCUT2D eigenvalue weighted by molar-refractivity contribution is -0.114. The van der Waals surface area contributed by atoms with Gasteiger partial charge >= 0.3 is 0 Å². The molecule has 1 atom stereocenters. The predicted octanol–water partition coefficient (Wildman–Crippen LogP) is 7.47. The third-order valence-electron chi connectivity index (χ3n) is 6.90. The molecule has 1 heterocycles. The predicted molar refractivity (Wildman–Crippen MR) is 152 cm³/mol. The third kappa shape index (κ3) is 6.16. The molecule has 0 spiro atoms. The first kappa shape index (κ1) is 26.3. The Morgan fingerprint density at radius 3 is 2.00 bits per heavy atom. The normalized spacial score (nSPS) is 15.0. The third-order valence-corrected chi connectivity index (χ3v) is 6.90. The zero-order valence-corrected chi connectivity index (χ0v) is 22.4. The number of rotatable bonds is 12. The summed E-state index contributed by atoms with van der Waals surface area (Å²) in [5.41, 5.74) is 5.81. The number of hydrogen-bond donors (Lipinski definition) is 1. The lowest BCUT2D eigenvalue weighted by atomic mass is 10.0. The Kier molecular flexibility index (Phi) is 8.89. The smallest absolute Gasteiger partial charge is 0.275 e. The molecule has 37 heavy (non-hydrogen) atoms. The van der Waals surface area contributed by atoms with E-state index < -0.39 is 0 Å². The first-order chi connectivity index (χ1) is 18.1. The number of ether oxygens (including phenoxy) is 2. The fourth-order valence-corrected chi connectivity index (χ4v) is 4.72. The number of unbranched alkanes of at least 4 members (excludes halogenated alkanes) is 2. The second-order valence-corrected chi connectivity index (χ2v) is 9.50. The highest BCUT2D eigenvalue weighted by Crippen LogP contribution is 2.41. The van der Waals surface area contributed by atoms with Gasteiger partial charge < -0.3 is 14.8 Å². The molecule has 194 valence electrons. The van der Waals surface area contributed by atoms with Crippen molar-refractivity contribution in [3.63, 3.8) is 0 Å². The van der Waals surface area contributed by atoms with Crippen molar-refractivity contribution in [3.8, 4) is 11.5 Å². The van der Waals surface area contributed by atoms with E-state index in [-0.39, 0.29) is 11.9 Å². The molecule has 1 unspecified atom stereocenters. The Morgan fingerprint density at radius 1 is 0.811 bits per heavy atom. The Morgan fingerprint density at radius 2 is 1.43 bits per heavy atom. The summed E-state index contributed by atoms with van der Waals surface area (Å²) in [6.07, 6.45) is 8.76. The topological polar surface area (TPSA) is 50.8 Å². The minimum atomic E-state index is -0.318. The summed E-state index contributed by atoms with van der Waals surface area (Å²) in [6.45, 7) is 4.40. The maximum absolute atomic E-state index is 13.8. The summed E-state index contributed by atoms with van der Waals surface area (Å²) in [7, 11) is 3.28. The average Bonchev–Trinajstić information content (AvgIpc) is 3.26. The number of amides is 1. The highest BCUT2D eigenvalue weighted by Gasteiger charge is 2.36. The minimum absolute atomic E-state index is 0.0701. The van der Waals surface area contributed by atoms with Gasteiger partial charge in [-0.2, -0.15) is 0 Å². The van der Waals surface area contributed by atoms with E-state index in [9.17, 15) is 4.79 Å². The van der Waals surface area contributed by atoms with Crippen molar-refractivity contribution in [2.24, 2.45) is 0 Å². The van der Waals surface area contributed by atoms with Crippen molar-refractivity contribution in [1.82, 2.24) is 0 Å². The monoisotopic (exact) mass is 498 g/mol. The molecule has 0 fully saturated rings. The van der Waals surface area contributed by atoms with Gasteiger partial charge in [0.05, 0.1) is 20.3 Å². The van der Waals surface area contributed by atoms with Gasteiger partial charge in [0.1, 0.15) is 17.2 Å². The van der Waals surface area contributed by atoms with E-state index in [2.05, 4.69) is 43.4 Å². The van der Waals surface area contributed by atoms with E-state index >= 15 is 0 Å². The number of anilines is 2. The number of nitrogens with zero attached hydrogens (tertiary/aromatic N) is 1. The molecule has 1 N–H and O–H groups in total. The molecule has 0 aliphatic carbocycles. The molecular weight excluding hydrogens is 460 g/mol. The second kappa shape index (κ2) is 12.5. The zero-order chi connectivity index (χ0) is 26.2. The highest BCUT2D eigenvalue weighted by molar-refractivity contribution is 6.11. The number of carbonyl (C=O) groups excluding carboxylic acids is 1. The van der Waals surface area contributed by atoms with E-state index in [4.69, 9.17) is 9.47 Å². The van der Waals surface area contributed by atoms with Crippen LogP contribution in [0.5, 0.6) is 11.5 Å². The highest BCUT2D eigenvalue weighted by atomic mass is 16.5. The summed E-state index contributed by atoms with van der Waals surface area (Å²) >= 11 is 0. The van der Waals surface area contributed by atoms with E-state index in [1.807, 2.05) is 53.4 Å². The number of benzene rings is 3. The summed E-state index contributed by atoms with van der Waals surface area (Å²) in [6, 6.07) is 22.1. The molecule has 1 aliphatic rings. The number of hydrogen-bond acceptors (Lipinski definition) is 4. The average molecular weight is 499 g/mol. The van der Waals surface area contributed by atoms with Crippen LogP contribution in [0.15, 0.2) is 78.5 Å². The lowest BCUT2D eigenvalue weighted by Crippen LogP contribution is -2.31. The number of carbonyl (C=O) groups is 1. The fourth-order valence-electron chi connectivity index (χ4n) is 4.72. The van der Waals surface area contributed by atoms with Crippen LogP contribution in [0.25, 0.3) is 0 Å². The van der Waals surface area contributed by atoms with Crippen molar-refractivity contribution in [3.05, 3.63) is 95.2 Å². The summed E-state index contributed by atoms with van der Waals surface area (Å²) < 4.78 is 11.1. The number of aryl methyl sites for hydroxylation is 2. The van der Waals surface area contributed by atoms with Gasteiger partial charge in [-0.3, -0.25) is 9.69 Å². The largest absolute Gasteiger partial charge is 0.497 e. The van der Waals surface area contributed by atoms with Crippen molar-refractivity contribution < 1.29 is 14.3 Å². The number of nitrogens with one attached hydrogen (secondary N) is 1. The summed E-state index contributed by atoms with van der Waals surface area (Å²) in [5, 5.41) is 3.38. The molecule has 0 saturated carbocycles. The van der Waals surface area contributed by atoms with Crippen molar-refractivity contribution in [2.75, 3.05) is 24.4 Å². The van der Waals surface area contributed by atoms with E-state index in [1.54, 1.807) is 14.2 Å². The molecule has 3 aromatic carbocycles. The molecular formula is C32H38N2O3. The molecule has 1 aliphatic heterocycles. The van der Waals surface area contributed by atoms with Gasteiger partial charge in [-0.25, -0.2) is 0 Å². The van der Waals surface area contributed by atoms with Gasteiger partial charge in [-0.1, -0.05) is 51.0 Å². The molecule has 5 heteroatoms. The van der Waals surface area contributed by atoms with Crippen LogP contribution in [0.3, 0.4) is 0 Å². The van der Waals surface area contributed by atoms with Crippen LogP contribution in [0, 0.1) is 0 Å². The van der Waals surface area contributed by atoms with E-state index in [0.717, 1.165) is 42.6 Å². The molecule has 1 amide bonds. The Labute approximate surface area is 221 Å². The van der Waals surface area contributed by atoms with Gasteiger partial charge in [-0.15, -0.1) is 0 Å². The summed E-state index contributed by atoms with van der Waals surface area (Å²) in [5.74, 6) is 1.32.